The summed E-state index contributed by atoms with van der Waals surface area (Å²) in [5.41, 5.74) is 6.05. The zero-order valence-electron chi connectivity index (χ0n) is 15.6. The van der Waals surface area contributed by atoms with E-state index in [1.807, 2.05) is 24.3 Å². The summed E-state index contributed by atoms with van der Waals surface area (Å²) in [5, 5.41) is -0.424. The fourth-order valence-electron chi connectivity index (χ4n) is 3.32. The number of hydrogen-bond donors (Lipinski definition) is 0. The summed E-state index contributed by atoms with van der Waals surface area (Å²) in [6.07, 6.45) is 14.4. The Kier molecular flexibility index (Phi) is 6.61. The average molecular weight is 355 g/mol. The summed E-state index contributed by atoms with van der Waals surface area (Å²) in [7, 11) is 0. The van der Waals surface area contributed by atoms with Gasteiger partial charge in [-0.2, -0.15) is 0 Å². The minimum atomic E-state index is -0.424. The van der Waals surface area contributed by atoms with Crippen LogP contribution in [0.15, 0.2) is 65.3 Å². The second-order valence-electron chi connectivity index (χ2n) is 7.43. The fourth-order valence-corrected chi connectivity index (χ4v) is 3.44. The van der Waals surface area contributed by atoms with E-state index in [9.17, 15) is 4.79 Å². The van der Waals surface area contributed by atoms with Gasteiger partial charge in [0, 0.05) is 5.56 Å². The van der Waals surface area contributed by atoms with Crippen molar-refractivity contribution in [1.82, 2.24) is 0 Å². The maximum Gasteiger partial charge on any atom is 0.252 e. The standard InChI is InChI=1S/C23H27ClO/c1-17(10-15-21-18(2)8-6-16-23(21,3)4)7-5-9-19-11-13-20(14-12-19)22(24)25/h5,7,9-15H,6,8,16H2,1-4H3/b9-5+,15-10+,17-7+. The van der Waals surface area contributed by atoms with E-state index in [-0.39, 0.29) is 5.41 Å². The second-order valence-corrected chi connectivity index (χ2v) is 7.77. The zero-order chi connectivity index (χ0) is 18.4. The van der Waals surface area contributed by atoms with Gasteiger partial charge in [-0.3, -0.25) is 4.79 Å². The van der Waals surface area contributed by atoms with Crippen LogP contribution in [0.1, 0.15) is 62.9 Å². The number of halogens is 1. The van der Waals surface area contributed by atoms with Crippen LogP contribution in [0.4, 0.5) is 0 Å². The van der Waals surface area contributed by atoms with Gasteiger partial charge in [-0.25, -0.2) is 0 Å². The molecular formula is C23H27ClO. The van der Waals surface area contributed by atoms with Crippen LogP contribution in [0.3, 0.4) is 0 Å². The predicted molar refractivity (Wildman–Crippen MR) is 109 cm³/mol. The smallest absolute Gasteiger partial charge is 0.252 e. The highest BCUT2D eigenvalue weighted by Gasteiger charge is 2.26. The number of hydrogen-bond acceptors (Lipinski definition) is 1. The van der Waals surface area contributed by atoms with E-state index in [0.29, 0.717) is 5.56 Å². The van der Waals surface area contributed by atoms with Crippen molar-refractivity contribution in [3.05, 3.63) is 76.4 Å². The maximum atomic E-state index is 11.1. The topological polar surface area (TPSA) is 17.1 Å². The third-order valence-electron chi connectivity index (χ3n) is 4.84. The van der Waals surface area contributed by atoms with Crippen molar-refractivity contribution in [2.75, 3.05) is 0 Å². The molecular weight excluding hydrogens is 328 g/mol. The van der Waals surface area contributed by atoms with Crippen molar-refractivity contribution in [3.8, 4) is 0 Å². The summed E-state index contributed by atoms with van der Waals surface area (Å²) in [4.78, 5) is 11.1. The monoisotopic (exact) mass is 354 g/mol. The lowest BCUT2D eigenvalue weighted by molar-refractivity contribution is 0.108. The highest BCUT2D eigenvalue weighted by atomic mass is 35.5. The minimum Gasteiger partial charge on any atom is -0.276 e. The van der Waals surface area contributed by atoms with Gasteiger partial charge in [0.15, 0.2) is 0 Å². The Morgan fingerprint density at radius 1 is 1.16 bits per heavy atom. The van der Waals surface area contributed by atoms with Crippen molar-refractivity contribution < 1.29 is 4.79 Å². The molecule has 0 radical (unpaired) electrons. The molecule has 0 saturated heterocycles. The SMILES string of the molecule is CC1=C(/C=C/C(C)=C/C=C/c2ccc(C(=O)Cl)cc2)C(C)(C)CCC1. The lowest BCUT2D eigenvalue weighted by Gasteiger charge is -2.32. The van der Waals surface area contributed by atoms with Crippen LogP contribution in [-0.2, 0) is 0 Å². The van der Waals surface area contributed by atoms with Gasteiger partial charge in [0.25, 0.3) is 5.24 Å². The van der Waals surface area contributed by atoms with Crippen molar-refractivity contribution in [2.24, 2.45) is 5.41 Å². The molecule has 0 aromatic heterocycles. The van der Waals surface area contributed by atoms with Crippen LogP contribution in [0.25, 0.3) is 6.08 Å². The molecule has 0 bridgehead atoms. The Balaban J connectivity index is 2.05. The molecule has 0 amide bonds. The highest BCUT2D eigenvalue weighted by molar-refractivity contribution is 6.67. The minimum absolute atomic E-state index is 0.274. The Morgan fingerprint density at radius 2 is 1.84 bits per heavy atom. The van der Waals surface area contributed by atoms with Crippen molar-refractivity contribution in [3.63, 3.8) is 0 Å². The molecule has 25 heavy (non-hydrogen) atoms. The van der Waals surface area contributed by atoms with Crippen molar-refractivity contribution in [2.45, 2.75) is 47.0 Å². The highest BCUT2D eigenvalue weighted by Crippen LogP contribution is 2.40. The van der Waals surface area contributed by atoms with Gasteiger partial charge in [-0.05, 0) is 73.4 Å². The van der Waals surface area contributed by atoms with Crippen LogP contribution < -0.4 is 0 Å². The van der Waals surface area contributed by atoms with Gasteiger partial charge >= 0.3 is 0 Å². The molecule has 0 atom stereocenters. The Hall–Kier alpha value is -1.86. The number of rotatable bonds is 5. The molecule has 1 aliphatic rings. The van der Waals surface area contributed by atoms with Crippen molar-refractivity contribution in [1.29, 1.82) is 0 Å². The molecule has 2 rings (SSSR count). The third kappa shape index (κ3) is 5.57. The molecule has 1 aromatic carbocycles. The predicted octanol–water partition coefficient (Wildman–Crippen LogP) is 7.11. The number of carbonyl (C=O) groups is 1. The molecule has 132 valence electrons. The quantitative estimate of drug-likeness (QED) is 0.406. The number of carbonyl (C=O) groups excluding carboxylic acids is 1. The normalized spacial score (nSPS) is 18.4. The van der Waals surface area contributed by atoms with Crippen LogP contribution in [0.2, 0.25) is 0 Å². The summed E-state index contributed by atoms with van der Waals surface area (Å²) in [5.74, 6) is 0. The van der Waals surface area contributed by atoms with Crippen LogP contribution in [0.5, 0.6) is 0 Å². The van der Waals surface area contributed by atoms with Crippen LogP contribution in [0, 0.1) is 5.41 Å². The number of benzene rings is 1. The first-order valence-electron chi connectivity index (χ1n) is 8.83. The van der Waals surface area contributed by atoms with E-state index < -0.39 is 5.24 Å². The molecule has 0 unspecified atom stereocenters. The van der Waals surface area contributed by atoms with Gasteiger partial charge in [-0.15, -0.1) is 0 Å². The first kappa shape index (κ1) is 19.5. The molecule has 0 saturated carbocycles. The summed E-state index contributed by atoms with van der Waals surface area (Å²) < 4.78 is 0. The first-order valence-corrected chi connectivity index (χ1v) is 9.20. The second kappa shape index (κ2) is 8.49. The van der Waals surface area contributed by atoms with Gasteiger partial charge in [0.2, 0.25) is 0 Å². The molecule has 1 aliphatic carbocycles. The fraction of sp³-hybridized carbons (Fsp3) is 0.348. The summed E-state index contributed by atoms with van der Waals surface area (Å²) >= 11 is 5.45. The average Bonchev–Trinajstić information content (AvgIpc) is 2.54. The third-order valence-corrected chi connectivity index (χ3v) is 5.06. The molecule has 2 heteroatoms. The van der Waals surface area contributed by atoms with E-state index in [1.54, 1.807) is 12.1 Å². The van der Waals surface area contributed by atoms with E-state index in [0.717, 1.165) is 5.56 Å². The molecule has 1 aromatic rings. The Morgan fingerprint density at radius 3 is 2.44 bits per heavy atom. The van der Waals surface area contributed by atoms with E-state index >= 15 is 0 Å². The summed E-state index contributed by atoms with van der Waals surface area (Å²) in [6.45, 7) is 9.05. The lowest BCUT2D eigenvalue weighted by Crippen LogP contribution is -2.19. The number of allylic oxidation sites excluding steroid dienone is 7. The van der Waals surface area contributed by atoms with E-state index in [2.05, 4.69) is 45.9 Å². The molecule has 0 heterocycles. The lowest BCUT2D eigenvalue weighted by atomic mass is 9.72. The molecule has 1 nitrogen and oxygen atoms in total. The maximum absolute atomic E-state index is 11.1. The first-order chi connectivity index (χ1) is 11.8. The molecule has 0 spiro atoms. The summed E-state index contributed by atoms with van der Waals surface area (Å²) in [6, 6.07) is 7.27. The Labute approximate surface area is 156 Å². The molecule has 0 N–H and O–H groups in total. The van der Waals surface area contributed by atoms with Gasteiger partial charge in [0.1, 0.15) is 0 Å². The van der Waals surface area contributed by atoms with Gasteiger partial charge in [0.05, 0.1) is 0 Å². The van der Waals surface area contributed by atoms with Crippen LogP contribution in [-0.4, -0.2) is 5.24 Å². The van der Waals surface area contributed by atoms with Gasteiger partial charge in [-0.1, -0.05) is 67.5 Å². The Bertz CT molecular complexity index is 743. The van der Waals surface area contributed by atoms with Crippen molar-refractivity contribution >= 4 is 22.9 Å². The van der Waals surface area contributed by atoms with Crippen LogP contribution >= 0.6 is 11.6 Å². The molecule has 0 aliphatic heterocycles. The zero-order valence-corrected chi connectivity index (χ0v) is 16.4. The van der Waals surface area contributed by atoms with Gasteiger partial charge < -0.3 is 0 Å². The van der Waals surface area contributed by atoms with E-state index in [4.69, 9.17) is 11.6 Å². The molecule has 0 fully saturated rings. The van der Waals surface area contributed by atoms with E-state index in [1.165, 1.54) is 36.0 Å². The largest absolute Gasteiger partial charge is 0.276 e.